The van der Waals surface area contributed by atoms with Crippen LogP contribution in [0.15, 0.2) is 52.3 Å². The van der Waals surface area contributed by atoms with Crippen LogP contribution >= 0.6 is 27.5 Å². The van der Waals surface area contributed by atoms with Crippen molar-refractivity contribution in [2.45, 2.75) is 0 Å². The summed E-state index contributed by atoms with van der Waals surface area (Å²) in [6.45, 7) is 0. The number of nitrogens with zero attached hydrogens (tertiary/aromatic N) is 2. The summed E-state index contributed by atoms with van der Waals surface area (Å²) in [5.41, 5.74) is 3.65. The van der Waals surface area contributed by atoms with Crippen molar-refractivity contribution in [1.29, 1.82) is 0 Å². The van der Waals surface area contributed by atoms with Crippen molar-refractivity contribution < 1.29 is 4.79 Å². The van der Waals surface area contributed by atoms with E-state index < -0.39 is 0 Å². The van der Waals surface area contributed by atoms with E-state index in [4.69, 9.17) is 11.6 Å². The number of carbonyl (C=O) groups excluding carboxylic acids is 1. The Morgan fingerprint density at radius 3 is 2.95 bits per heavy atom. The Bertz CT molecular complexity index is 631. The fourth-order valence-electron chi connectivity index (χ4n) is 1.35. The van der Waals surface area contributed by atoms with E-state index in [-0.39, 0.29) is 5.91 Å². The molecule has 96 valence electrons. The Morgan fingerprint density at radius 2 is 2.21 bits per heavy atom. The number of hydrogen-bond acceptors (Lipinski definition) is 3. The van der Waals surface area contributed by atoms with Crippen LogP contribution in [0.25, 0.3) is 0 Å². The monoisotopic (exact) mass is 337 g/mol. The van der Waals surface area contributed by atoms with Gasteiger partial charge in [0.25, 0.3) is 5.91 Å². The lowest BCUT2D eigenvalue weighted by molar-refractivity contribution is 0.0954. The summed E-state index contributed by atoms with van der Waals surface area (Å²) in [5, 5.41) is 4.48. The standard InChI is InChI=1S/C13H9BrClN3O/c14-11-5-10(7-16-8-11)13(19)18-17-6-9-2-1-3-12(15)4-9/h1-8H,(H,18,19)/b17-6-. The van der Waals surface area contributed by atoms with E-state index in [9.17, 15) is 4.79 Å². The normalized spacial score (nSPS) is 10.6. The van der Waals surface area contributed by atoms with Crippen LogP contribution in [0.1, 0.15) is 15.9 Å². The number of hydrogen-bond donors (Lipinski definition) is 1. The van der Waals surface area contributed by atoms with E-state index in [0.29, 0.717) is 10.6 Å². The molecule has 2 aromatic rings. The highest BCUT2D eigenvalue weighted by molar-refractivity contribution is 9.10. The number of hydrazone groups is 1. The molecule has 6 heteroatoms. The lowest BCUT2D eigenvalue weighted by atomic mass is 10.2. The molecule has 1 N–H and O–H groups in total. The summed E-state index contributed by atoms with van der Waals surface area (Å²) in [6, 6.07) is 8.83. The smallest absolute Gasteiger partial charge is 0.267 e. The molecule has 4 nitrogen and oxygen atoms in total. The van der Waals surface area contributed by atoms with Gasteiger partial charge in [0.15, 0.2) is 0 Å². The first-order valence-electron chi connectivity index (χ1n) is 5.35. The lowest BCUT2D eigenvalue weighted by Crippen LogP contribution is -2.17. The van der Waals surface area contributed by atoms with Crippen LogP contribution in [0.3, 0.4) is 0 Å². The molecule has 1 aromatic carbocycles. The molecule has 1 amide bonds. The highest BCUT2D eigenvalue weighted by Crippen LogP contribution is 2.10. The molecule has 1 aromatic heterocycles. The Hall–Kier alpha value is -1.72. The van der Waals surface area contributed by atoms with Crippen molar-refractivity contribution in [2.75, 3.05) is 0 Å². The molecule has 0 bridgehead atoms. The summed E-state index contributed by atoms with van der Waals surface area (Å²) in [7, 11) is 0. The van der Waals surface area contributed by atoms with E-state index >= 15 is 0 Å². The van der Waals surface area contributed by atoms with Gasteiger partial charge in [-0.3, -0.25) is 9.78 Å². The van der Waals surface area contributed by atoms with Gasteiger partial charge in [-0.25, -0.2) is 5.43 Å². The maximum Gasteiger partial charge on any atom is 0.272 e. The summed E-state index contributed by atoms with van der Waals surface area (Å²) in [5.74, 6) is -0.327. The van der Waals surface area contributed by atoms with Crippen molar-refractivity contribution in [2.24, 2.45) is 5.10 Å². The highest BCUT2D eigenvalue weighted by atomic mass is 79.9. The van der Waals surface area contributed by atoms with Gasteiger partial charge in [0, 0.05) is 21.9 Å². The minimum Gasteiger partial charge on any atom is -0.267 e. The van der Waals surface area contributed by atoms with Gasteiger partial charge in [0.1, 0.15) is 0 Å². The first-order valence-corrected chi connectivity index (χ1v) is 6.52. The molecule has 0 aliphatic rings. The van der Waals surface area contributed by atoms with Gasteiger partial charge in [0.05, 0.1) is 11.8 Å². The molecule has 0 aliphatic carbocycles. The van der Waals surface area contributed by atoms with Gasteiger partial charge in [0.2, 0.25) is 0 Å². The molecule has 0 spiro atoms. The van der Waals surface area contributed by atoms with Crippen LogP contribution in [0.5, 0.6) is 0 Å². The Morgan fingerprint density at radius 1 is 1.37 bits per heavy atom. The zero-order valence-corrected chi connectivity index (χ0v) is 12.0. The average molecular weight is 339 g/mol. The minimum atomic E-state index is -0.327. The Labute approximate surface area is 123 Å². The number of pyridine rings is 1. The fourth-order valence-corrected chi connectivity index (χ4v) is 1.92. The van der Waals surface area contributed by atoms with E-state index in [0.717, 1.165) is 10.0 Å². The van der Waals surface area contributed by atoms with Gasteiger partial charge in [-0.05, 0) is 39.7 Å². The average Bonchev–Trinajstić information content (AvgIpc) is 2.38. The van der Waals surface area contributed by atoms with Crippen LogP contribution in [0.4, 0.5) is 0 Å². The molecule has 0 saturated carbocycles. The zero-order chi connectivity index (χ0) is 13.7. The number of aromatic nitrogens is 1. The largest absolute Gasteiger partial charge is 0.272 e. The predicted molar refractivity (Wildman–Crippen MR) is 78.4 cm³/mol. The van der Waals surface area contributed by atoms with E-state index in [2.05, 4.69) is 31.4 Å². The molecule has 0 radical (unpaired) electrons. The second-order valence-corrected chi connectivity index (χ2v) is 5.00. The van der Waals surface area contributed by atoms with Gasteiger partial charge in [-0.15, -0.1) is 0 Å². The fraction of sp³-hybridized carbons (Fsp3) is 0. The van der Waals surface area contributed by atoms with Crippen molar-refractivity contribution in [3.05, 3.63) is 63.3 Å². The van der Waals surface area contributed by atoms with Gasteiger partial charge < -0.3 is 0 Å². The van der Waals surface area contributed by atoms with Crippen molar-refractivity contribution in [3.8, 4) is 0 Å². The lowest BCUT2D eigenvalue weighted by Gasteiger charge is -1.99. The van der Waals surface area contributed by atoms with E-state index in [1.807, 2.05) is 12.1 Å². The molecular formula is C13H9BrClN3O. The number of rotatable bonds is 3. The van der Waals surface area contributed by atoms with Crippen LogP contribution in [0, 0.1) is 0 Å². The summed E-state index contributed by atoms with van der Waals surface area (Å²) < 4.78 is 0.735. The molecule has 0 aliphatic heterocycles. The first-order chi connectivity index (χ1) is 9.15. The SMILES string of the molecule is O=C(N/N=C\c1cccc(Cl)c1)c1cncc(Br)c1. The Balaban J connectivity index is 2.01. The molecular weight excluding hydrogens is 330 g/mol. The molecule has 0 atom stereocenters. The summed E-state index contributed by atoms with van der Waals surface area (Å²) in [6.07, 6.45) is 4.59. The molecule has 0 saturated heterocycles. The Kier molecular flexibility index (Phi) is 4.65. The second kappa shape index (κ2) is 6.45. The molecule has 19 heavy (non-hydrogen) atoms. The first kappa shape index (κ1) is 13.7. The molecule has 0 fully saturated rings. The van der Waals surface area contributed by atoms with Crippen LogP contribution < -0.4 is 5.43 Å². The molecule has 0 unspecified atom stereocenters. The number of nitrogens with one attached hydrogen (secondary N) is 1. The van der Waals surface area contributed by atoms with Gasteiger partial charge >= 0.3 is 0 Å². The molecule has 2 rings (SSSR count). The topological polar surface area (TPSA) is 54.4 Å². The van der Waals surface area contributed by atoms with Gasteiger partial charge in [-0.2, -0.15) is 5.10 Å². The number of amides is 1. The second-order valence-electron chi connectivity index (χ2n) is 3.65. The van der Waals surface area contributed by atoms with Crippen LogP contribution in [-0.4, -0.2) is 17.1 Å². The van der Waals surface area contributed by atoms with Crippen molar-refractivity contribution in [3.63, 3.8) is 0 Å². The van der Waals surface area contributed by atoms with Crippen molar-refractivity contribution >= 4 is 39.7 Å². The minimum absolute atomic E-state index is 0.327. The summed E-state index contributed by atoms with van der Waals surface area (Å²) >= 11 is 9.08. The number of benzene rings is 1. The quantitative estimate of drug-likeness (QED) is 0.690. The van der Waals surface area contributed by atoms with E-state index in [1.54, 1.807) is 24.4 Å². The van der Waals surface area contributed by atoms with Crippen LogP contribution in [0.2, 0.25) is 5.02 Å². The zero-order valence-electron chi connectivity index (χ0n) is 9.68. The third kappa shape index (κ3) is 4.15. The maximum atomic E-state index is 11.7. The number of halogens is 2. The van der Waals surface area contributed by atoms with Crippen LogP contribution in [-0.2, 0) is 0 Å². The summed E-state index contributed by atoms with van der Waals surface area (Å²) in [4.78, 5) is 15.6. The molecule has 1 heterocycles. The predicted octanol–water partition coefficient (Wildman–Crippen LogP) is 3.26. The highest BCUT2D eigenvalue weighted by Gasteiger charge is 2.04. The van der Waals surface area contributed by atoms with E-state index in [1.165, 1.54) is 12.4 Å². The van der Waals surface area contributed by atoms with Crippen molar-refractivity contribution in [1.82, 2.24) is 10.4 Å². The third-order valence-electron chi connectivity index (χ3n) is 2.20. The third-order valence-corrected chi connectivity index (χ3v) is 2.86. The maximum absolute atomic E-state index is 11.7. The number of carbonyl (C=O) groups is 1. The van der Waals surface area contributed by atoms with Gasteiger partial charge in [-0.1, -0.05) is 23.7 Å².